The van der Waals surface area contributed by atoms with Crippen molar-refractivity contribution in [2.75, 3.05) is 13.7 Å². The van der Waals surface area contributed by atoms with Crippen LogP contribution in [0.25, 0.3) is 0 Å². The molecule has 0 saturated carbocycles. The van der Waals surface area contributed by atoms with E-state index in [1.165, 1.54) is 25.3 Å². The van der Waals surface area contributed by atoms with E-state index in [1.807, 2.05) is 6.08 Å². The van der Waals surface area contributed by atoms with Gasteiger partial charge in [0.1, 0.15) is 18.4 Å². The third-order valence-electron chi connectivity index (χ3n) is 7.56. The highest BCUT2D eigenvalue weighted by Crippen LogP contribution is 2.26. The zero-order valence-electron chi connectivity index (χ0n) is 27.8. The summed E-state index contributed by atoms with van der Waals surface area (Å²) >= 11 is 0. The molecule has 0 bridgehead atoms. The molecule has 1 aromatic carbocycles. The fourth-order valence-corrected chi connectivity index (χ4v) is 4.87. The molecule has 0 aromatic heterocycles. The van der Waals surface area contributed by atoms with Crippen molar-refractivity contribution in [1.29, 1.82) is 0 Å². The highest BCUT2D eigenvalue weighted by molar-refractivity contribution is 5.94. The lowest BCUT2D eigenvalue weighted by molar-refractivity contribution is -0.172. The van der Waals surface area contributed by atoms with E-state index in [9.17, 15) is 39.6 Å². The molecule has 1 unspecified atom stereocenters. The van der Waals surface area contributed by atoms with Gasteiger partial charge in [0, 0.05) is 6.42 Å². The third kappa shape index (κ3) is 16.3. The topological polar surface area (TPSA) is 180 Å². The minimum absolute atomic E-state index is 0.0371. The fourth-order valence-electron chi connectivity index (χ4n) is 4.87. The number of hydrogen-bond acceptors (Lipinski definition) is 8. The van der Waals surface area contributed by atoms with E-state index in [0.29, 0.717) is 24.2 Å². The Hall–Kier alpha value is -4.14. The van der Waals surface area contributed by atoms with Crippen molar-refractivity contribution >= 4 is 23.8 Å². The van der Waals surface area contributed by atoms with Crippen molar-refractivity contribution in [2.24, 2.45) is 5.92 Å². The van der Waals surface area contributed by atoms with Gasteiger partial charge in [0.15, 0.2) is 5.60 Å². The summed E-state index contributed by atoms with van der Waals surface area (Å²) in [6.45, 7) is 4.06. The highest BCUT2D eigenvalue weighted by Gasteiger charge is 2.49. The Balaban J connectivity index is 2.95. The predicted octanol–water partition coefficient (Wildman–Crippen LogP) is 4.59. The Bertz CT molecular complexity index is 1230. The molecule has 0 aliphatic rings. The van der Waals surface area contributed by atoms with E-state index in [1.54, 1.807) is 37.3 Å². The molecule has 0 heterocycles. The summed E-state index contributed by atoms with van der Waals surface area (Å²) in [6.07, 6.45) is 13.6. The van der Waals surface area contributed by atoms with Gasteiger partial charge in [-0.15, -0.1) is 5.92 Å². The third-order valence-corrected chi connectivity index (χ3v) is 7.56. The van der Waals surface area contributed by atoms with Crippen LogP contribution >= 0.6 is 0 Å². The van der Waals surface area contributed by atoms with Gasteiger partial charge in [-0.05, 0) is 56.7 Å². The largest absolute Gasteiger partial charge is 0.481 e. The monoisotopic (exact) mass is 657 g/mol. The lowest BCUT2D eigenvalue weighted by atomic mass is 9.82. The molecule has 11 nitrogen and oxygen atoms in total. The molecular formula is C36H51NO10. The standard InChI is InChI=1S/C36H51NO10/c1-4-6-8-11-14-17-28(38)18-15-12-9-10-13-16-19-30(36(45,35(43)44)26-32(39)40)33(41)37-31(34(42)46-3)25-27-20-22-29(23-21-27)47-24-7-5-2/h9-10,16,19-23,28,30-31,38,45H,4,6,8,11-15,17-18,24-26H2,1-3H3,(H,37,41)(H,39,40)(H,43,44)/b10-9+,19-16+/t28?,30-,31+,36+/m1/s1. The Labute approximate surface area is 278 Å². The molecule has 0 radical (unpaired) electrons. The van der Waals surface area contributed by atoms with Crippen LogP contribution in [-0.4, -0.2) is 75.7 Å². The first-order chi connectivity index (χ1) is 22.5. The van der Waals surface area contributed by atoms with Crippen LogP contribution in [0.3, 0.4) is 0 Å². The van der Waals surface area contributed by atoms with Crippen molar-refractivity contribution in [3.63, 3.8) is 0 Å². The number of esters is 1. The molecule has 4 atom stereocenters. The molecule has 1 rings (SSSR count). The first kappa shape index (κ1) is 40.9. The molecule has 5 N–H and O–H groups in total. The normalized spacial score (nSPS) is 14.4. The molecule has 47 heavy (non-hydrogen) atoms. The maximum atomic E-state index is 13.4. The van der Waals surface area contributed by atoms with E-state index in [0.717, 1.165) is 38.9 Å². The number of amides is 1. The number of nitrogens with one attached hydrogen (secondary N) is 1. The molecule has 11 heteroatoms. The minimum atomic E-state index is -3.00. The van der Waals surface area contributed by atoms with Crippen molar-refractivity contribution in [3.05, 3.63) is 54.1 Å². The van der Waals surface area contributed by atoms with E-state index < -0.39 is 47.8 Å². The van der Waals surface area contributed by atoms with Crippen LogP contribution in [0.5, 0.6) is 5.75 Å². The first-order valence-corrected chi connectivity index (χ1v) is 16.1. The summed E-state index contributed by atoms with van der Waals surface area (Å²) < 4.78 is 10.3. The lowest BCUT2D eigenvalue weighted by Crippen LogP contribution is -2.55. The Morgan fingerprint density at radius 1 is 0.979 bits per heavy atom. The van der Waals surface area contributed by atoms with Crippen LogP contribution < -0.4 is 10.1 Å². The number of ether oxygens (including phenoxy) is 2. The van der Waals surface area contributed by atoms with Crippen LogP contribution in [0.15, 0.2) is 48.6 Å². The molecule has 0 spiro atoms. The van der Waals surface area contributed by atoms with Gasteiger partial charge in [-0.3, -0.25) is 9.59 Å². The van der Waals surface area contributed by atoms with Gasteiger partial charge in [0.05, 0.1) is 25.6 Å². The van der Waals surface area contributed by atoms with Crippen LogP contribution in [0.4, 0.5) is 0 Å². The number of aliphatic hydroxyl groups excluding tert-OH is 1. The maximum absolute atomic E-state index is 13.4. The second-order valence-electron chi connectivity index (χ2n) is 11.3. The fraction of sp³-hybridized carbons (Fsp3) is 0.556. The number of carboxylic acid groups (broad SMARTS) is 2. The van der Waals surface area contributed by atoms with E-state index in [2.05, 4.69) is 24.1 Å². The van der Waals surface area contributed by atoms with Crippen molar-refractivity contribution in [2.45, 2.75) is 109 Å². The summed E-state index contributed by atoms with van der Waals surface area (Å²) in [5.41, 5.74) is -2.38. The number of hydrogen-bond donors (Lipinski definition) is 5. The molecule has 0 aliphatic heterocycles. The van der Waals surface area contributed by atoms with E-state index in [-0.39, 0.29) is 25.6 Å². The van der Waals surface area contributed by atoms with Crippen molar-refractivity contribution < 1.29 is 49.1 Å². The van der Waals surface area contributed by atoms with Gasteiger partial charge >= 0.3 is 17.9 Å². The van der Waals surface area contributed by atoms with Gasteiger partial charge in [-0.25, -0.2) is 9.59 Å². The summed E-state index contributed by atoms with van der Waals surface area (Å²) in [5, 5.41) is 42.7. The summed E-state index contributed by atoms with van der Waals surface area (Å²) in [4.78, 5) is 49.6. The summed E-state index contributed by atoms with van der Waals surface area (Å²) in [6, 6.07) is 5.41. The molecule has 0 saturated heterocycles. The number of aliphatic hydroxyl groups is 2. The average molecular weight is 658 g/mol. The molecule has 1 amide bonds. The van der Waals surface area contributed by atoms with Crippen molar-refractivity contribution in [3.8, 4) is 17.6 Å². The molecule has 1 aromatic rings. The molecule has 0 aliphatic carbocycles. The molecule has 260 valence electrons. The number of allylic oxidation sites excluding steroid dienone is 3. The minimum Gasteiger partial charge on any atom is -0.481 e. The second-order valence-corrected chi connectivity index (χ2v) is 11.3. The number of carboxylic acids is 2. The molecular weight excluding hydrogens is 606 g/mol. The smallest absolute Gasteiger partial charge is 0.337 e. The van der Waals surface area contributed by atoms with Gasteiger partial charge in [0.25, 0.3) is 0 Å². The average Bonchev–Trinajstić information content (AvgIpc) is 3.03. The van der Waals surface area contributed by atoms with E-state index >= 15 is 0 Å². The SMILES string of the molecule is CC#CCOc1ccc(C[C@H](NC(=O)[C@@H](/C=C/C/C=C/CCCC(O)CCCCCCC)[C@@](O)(CC(=O)O)C(=O)O)C(=O)OC)cc1. The number of carbonyl (C=O) groups is 4. The summed E-state index contributed by atoms with van der Waals surface area (Å²) in [5.74, 6) is -1.22. The quantitative estimate of drug-likeness (QED) is 0.0457. The number of unbranched alkanes of at least 4 members (excludes halogenated alkanes) is 5. The zero-order valence-corrected chi connectivity index (χ0v) is 27.8. The Kier molecular flexibility index (Phi) is 20.2. The zero-order chi connectivity index (χ0) is 35.1. The number of methoxy groups -OCH3 is 1. The highest BCUT2D eigenvalue weighted by atomic mass is 16.5. The number of carbonyl (C=O) groups excluding carboxylic acids is 2. The van der Waals surface area contributed by atoms with Crippen molar-refractivity contribution in [1.82, 2.24) is 5.32 Å². The number of rotatable bonds is 24. The summed E-state index contributed by atoms with van der Waals surface area (Å²) in [7, 11) is 1.13. The van der Waals surface area contributed by atoms with Gasteiger partial charge in [-0.2, -0.15) is 0 Å². The van der Waals surface area contributed by atoms with Gasteiger partial charge < -0.3 is 35.2 Å². The Morgan fingerprint density at radius 3 is 2.28 bits per heavy atom. The predicted molar refractivity (Wildman–Crippen MR) is 177 cm³/mol. The second kappa shape index (κ2) is 23.2. The Morgan fingerprint density at radius 2 is 1.66 bits per heavy atom. The van der Waals surface area contributed by atoms with Crippen LogP contribution in [-0.2, 0) is 30.3 Å². The van der Waals surface area contributed by atoms with Gasteiger partial charge in [0.2, 0.25) is 5.91 Å². The van der Waals surface area contributed by atoms with Crippen LogP contribution in [0.1, 0.15) is 90.0 Å². The van der Waals surface area contributed by atoms with Crippen LogP contribution in [0.2, 0.25) is 0 Å². The lowest BCUT2D eigenvalue weighted by Gasteiger charge is -2.29. The first-order valence-electron chi connectivity index (χ1n) is 16.1. The number of benzene rings is 1. The number of aliphatic carboxylic acids is 2. The molecule has 0 fully saturated rings. The van der Waals surface area contributed by atoms with E-state index in [4.69, 9.17) is 9.47 Å². The maximum Gasteiger partial charge on any atom is 0.337 e. The van der Waals surface area contributed by atoms with Gasteiger partial charge in [-0.1, -0.05) is 81.4 Å². The van der Waals surface area contributed by atoms with Crippen LogP contribution in [0, 0.1) is 17.8 Å².